The molecule has 1 rings (SSSR count). The molecule has 0 amide bonds. The summed E-state index contributed by atoms with van der Waals surface area (Å²) in [4.78, 5) is 0. The number of ether oxygens (including phenoxy) is 1. The Morgan fingerprint density at radius 2 is 2.00 bits per heavy atom. The van der Waals surface area contributed by atoms with Crippen molar-refractivity contribution < 1.29 is 20.1 Å². The van der Waals surface area contributed by atoms with Crippen LogP contribution in [-0.2, 0) is 4.74 Å². The normalized spacial score (nSPS) is 42.0. The van der Waals surface area contributed by atoms with Crippen LogP contribution in [0, 0.1) is 0 Å². The minimum Gasteiger partial charge on any atom is -0.394 e. The third-order valence-electron chi connectivity index (χ3n) is 2.10. The van der Waals surface area contributed by atoms with Crippen LogP contribution in [0.25, 0.3) is 0 Å². The Labute approximate surface area is 70.8 Å². The Morgan fingerprint density at radius 1 is 1.33 bits per heavy atom. The van der Waals surface area contributed by atoms with Gasteiger partial charge in [-0.05, 0) is 6.42 Å². The highest BCUT2D eigenvalue weighted by atomic mass is 16.5. The summed E-state index contributed by atoms with van der Waals surface area (Å²) in [6, 6.07) is -0.427. The lowest BCUT2D eigenvalue weighted by atomic mass is 10.2. The second kappa shape index (κ2) is 4.15. The van der Waals surface area contributed by atoms with Crippen molar-refractivity contribution in [2.45, 2.75) is 30.8 Å². The van der Waals surface area contributed by atoms with Crippen molar-refractivity contribution in [3.63, 3.8) is 0 Å². The average molecular weight is 177 g/mol. The van der Waals surface area contributed by atoms with Crippen molar-refractivity contribution in [2.75, 3.05) is 13.2 Å². The van der Waals surface area contributed by atoms with E-state index in [1.54, 1.807) is 0 Å². The van der Waals surface area contributed by atoms with Crippen LogP contribution in [0.5, 0.6) is 0 Å². The predicted molar refractivity (Wildman–Crippen MR) is 41.4 cm³/mol. The molecule has 0 aromatic rings. The maximum Gasteiger partial charge on any atom is 0.108 e. The number of aliphatic hydroxyl groups is 3. The molecule has 5 nitrogen and oxygen atoms in total. The van der Waals surface area contributed by atoms with Crippen LogP contribution in [0.2, 0.25) is 0 Å². The lowest BCUT2D eigenvalue weighted by Crippen LogP contribution is -2.36. The smallest absolute Gasteiger partial charge is 0.108 e. The number of hydrogen-bond donors (Lipinski definition) is 4. The molecule has 4 atom stereocenters. The van der Waals surface area contributed by atoms with Gasteiger partial charge in [-0.3, -0.25) is 0 Å². The van der Waals surface area contributed by atoms with E-state index in [1.807, 2.05) is 0 Å². The fourth-order valence-electron chi connectivity index (χ4n) is 1.39. The first-order chi connectivity index (χ1) is 5.66. The first-order valence-corrected chi connectivity index (χ1v) is 4.01. The molecule has 0 bridgehead atoms. The lowest BCUT2D eigenvalue weighted by molar-refractivity contribution is -0.0615. The van der Waals surface area contributed by atoms with Crippen LogP contribution in [-0.4, -0.2) is 52.9 Å². The van der Waals surface area contributed by atoms with E-state index >= 15 is 0 Å². The van der Waals surface area contributed by atoms with Gasteiger partial charge in [-0.2, -0.15) is 0 Å². The van der Waals surface area contributed by atoms with Crippen molar-refractivity contribution in [3.8, 4) is 0 Å². The second-order valence-electron chi connectivity index (χ2n) is 3.01. The van der Waals surface area contributed by atoms with Gasteiger partial charge in [0.05, 0.1) is 25.4 Å². The van der Waals surface area contributed by atoms with Gasteiger partial charge in [-0.25, -0.2) is 0 Å². The van der Waals surface area contributed by atoms with Crippen molar-refractivity contribution in [1.82, 2.24) is 0 Å². The Balaban J connectivity index is 2.36. The predicted octanol–water partition coefficient (Wildman–Crippen LogP) is -2.18. The summed E-state index contributed by atoms with van der Waals surface area (Å²) in [5.74, 6) is 0. The molecule has 0 saturated heterocycles. The van der Waals surface area contributed by atoms with E-state index in [4.69, 9.17) is 15.6 Å². The molecule has 1 aliphatic rings. The first kappa shape index (κ1) is 9.88. The van der Waals surface area contributed by atoms with Crippen molar-refractivity contribution in [2.24, 2.45) is 5.73 Å². The second-order valence-corrected chi connectivity index (χ2v) is 3.01. The van der Waals surface area contributed by atoms with E-state index in [2.05, 4.69) is 0 Å². The maximum absolute atomic E-state index is 9.32. The van der Waals surface area contributed by atoms with Gasteiger partial charge < -0.3 is 25.8 Å². The molecule has 0 heterocycles. The molecule has 12 heavy (non-hydrogen) atoms. The highest BCUT2D eigenvalue weighted by Crippen LogP contribution is 2.21. The van der Waals surface area contributed by atoms with E-state index in [9.17, 15) is 10.2 Å². The SMILES string of the molecule is NC1CC(OCCO)C(O)C1O. The summed E-state index contributed by atoms with van der Waals surface area (Å²) in [6.07, 6.45) is -1.84. The van der Waals surface area contributed by atoms with Crippen molar-refractivity contribution in [1.29, 1.82) is 0 Å². The first-order valence-electron chi connectivity index (χ1n) is 4.01. The van der Waals surface area contributed by atoms with Crippen LogP contribution in [0.15, 0.2) is 0 Å². The molecular weight excluding hydrogens is 162 g/mol. The number of rotatable bonds is 3. The van der Waals surface area contributed by atoms with Crippen LogP contribution >= 0.6 is 0 Å². The van der Waals surface area contributed by atoms with Gasteiger partial charge in [0.1, 0.15) is 6.10 Å². The summed E-state index contributed by atoms with van der Waals surface area (Å²) in [7, 11) is 0. The van der Waals surface area contributed by atoms with Gasteiger partial charge in [0.2, 0.25) is 0 Å². The number of hydrogen-bond acceptors (Lipinski definition) is 5. The van der Waals surface area contributed by atoms with Crippen molar-refractivity contribution in [3.05, 3.63) is 0 Å². The molecule has 0 aromatic carbocycles. The van der Waals surface area contributed by atoms with E-state index in [1.165, 1.54) is 0 Å². The molecule has 1 saturated carbocycles. The molecule has 0 spiro atoms. The van der Waals surface area contributed by atoms with Gasteiger partial charge in [0.25, 0.3) is 0 Å². The maximum atomic E-state index is 9.32. The Hall–Kier alpha value is -0.200. The van der Waals surface area contributed by atoms with E-state index in [0.717, 1.165) is 0 Å². The fourth-order valence-corrected chi connectivity index (χ4v) is 1.39. The Bertz CT molecular complexity index is 143. The van der Waals surface area contributed by atoms with E-state index < -0.39 is 24.4 Å². The molecule has 1 fully saturated rings. The van der Waals surface area contributed by atoms with Crippen LogP contribution in [0.1, 0.15) is 6.42 Å². The van der Waals surface area contributed by atoms with Crippen molar-refractivity contribution >= 4 is 0 Å². The average Bonchev–Trinajstić information content (AvgIpc) is 2.30. The molecule has 0 aliphatic heterocycles. The third-order valence-corrected chi connectivity index (χ3v) is 2.10. The largest absolute Gasteiger partial charge is 0.394 e. The quantitative estimate of drug-likeness (QED) is 0.393. The molecule has 72 valence electrons. The Morgan fingerprint density at radius 3 is 2.42 bits per heavy atom. The summed E-state index contributed by atoms with van der Waals surface area (Å²) in [5.41, 5.74) is 5.48. The van der Waals surface area contributed by atoms with Gasteiger partial charge >= 0.3 is 0 Å². The van der Waals surface area contributed by atoms with Crippen LogP contribution in [0.4, 0.5) is 0 Å². The molecule has 4 unspecified atom stereocenters. The lowest BCUT2D eigenvalue weighted by Gasteiger charge is -2.16. The molecule has 0 radical (unpaired) electrons. The van der Waals surface area contributed by atoms with Crippen LogP contribution < -0.4 is 5.73 Å². The van der Waals surface area contributed by atoms with E-state index in [-0.39, 0.29) is 13.2 Å². The zero-order valence-corrected chi connectivity index (χ0v) is 6.76. The highest BCUT2D eigenvalue weighted by molar-refractivity contribution is 4.94. The molecule has 0 aromatic heterocycles. The number of aliphatic hydroxyl groups excluding tert-OH is 3. The minimum absolute atomic E-state index is 0.0887. The summed E-state index contributed by atoms with van der Waals surface area (Å²) in [6.45, 7) is 0.0791. The summed E-state index contributed by atoms with van der Waals surface area (Å²) < 4.78 is 5.07. The standard InChI is InChI=1S/C7H15NO4/c8-4-3-5(12-2-1-9)7(11)6(4)10/h4-7,9-11H,1-3,8H2. The molecule has 5 N–H and O–H groups in total. The highest BCUT2D eigenvalue weighted by Gasteiger charge is 2.39. The summed E-state index contributed by atoms with van der Waals surface area (Å²) in [5, 5.41) is 27.0. The minimum atomic E-state index is -0.924. The Kier molecular flexibility index (Phi) is 3.42. The fraction of sp³-hybridized carbons (Fsp3) is 1.00. The molecule has 5 heteroatoms. The zero-order valence-electron chi connectivity index (χ0n) is 6.76. The van der Waals surface area contributed by atoms with Gasteiger partial charge in [-0.1, -0.05) is 0 Å². The molecule has 1 aliphatic carbocycles. The van der Waals surface area contributed by atoms with Gasteiger partial charge in [0.15, 0.2) is 0 Å². The number of nitrogens with two attached hydrogens (primary N) is 1. The van der Waals surface area contributed by atoms with E-state index in [0.29, 0.717) is 6.42 Å². The zero-order chi connectivity index (χ0) is 9.14. The van der Waals surface area contributed by atoms with Gasteiger partial charge in [-0.15, -0.1) is 0 Å². The topological polar surface area (TPSA) is 95.9 Å². The summed E-state index contributed by atoms with van der Waals surface area (Å²) >= 11 is 0. The van der Waals surface area contributed by atoms with Gasteiger partial charge in [0, 0.05) is 6.04 Å². The third kappa shape index (κ3) is 1.94. The van der Waals surface area contributed by atoms with Crippen LogP contribution in [0.3, 0.4) is 0 Å². The monoisotopic (exact) mass is 177 g/mol. The molecular formula is C7H15NO4.